The summed E-state index contributed by atoms with van der Waals surface area (Å²) in [5, 5.41) is 26.4. The van der Waals surface area contributed by atoms with Crippen molar-refractivity contribution >= 4 is 17.1 Å². The molecular formula is C26H24N4O4. The molecule has 1 unspecified atom stereocenters. The maximum absolute atomic E-state index is 15.2. The number of ether oxygens (including phenoxy) is 1. The Kier molecular flexibility index (Phi) is 6.25. The Hall–Kier alpha value is -4.30. The lowest BCUT2D eigenvalue weighted by molar-refractivity contribution is -0.696. The lowest BCUT2D eigenvalue weighted by atomic mass is 9.83. The molecule has 172 valence electrons. The first-order valence-corrected chi connectivity index (χ1v) is 10.6. The van der Waals surface area contributed by atoms with Gasteiger partial charge in [-0.3, -0.25) is 15.1 Å². The van der Waals surface area contributed by atoms with Gasteiger partial charge in [0.05, 0.1) is 43.1 Å². The molecule has 1 atom stereocenters. The molecule has 3 aromatic carbocycles. The van der Waals surface area contributed by atoms with Crippen molar-refractivity contribution in [3.8, 4) is 5.75 Å². The third-order valence-electron chi connectivity index (χ3n) is 5.68. The Morgan fingerprint density at radius 1 is 1.03 bits per heavy atom. The Labute approximate surface area is 197 Å². The van der Waals surface area contributed by atoms with Gasteiger partial charge in [-0.2, -0.15) is 0 Å². The highest BCUT2D eigenvalue weighted by molar-refractivity contribution is 6.09. The number of nitro benzene ring substituents is 1. The van der Waals surface area contributed by atoms with E-state index in [4.69, 9.17) is 9.73 Å². The summed E-state index contributed by atoms with van der Waals surface area (Å²) >= 11 is 0. The Balaban J connectivity index is 2.03. The molecular weight excluding hydrogens is 432 g/mol. The highest BCUT2D eigenvalue weighted by Crippen LogP contribution is 2.33. The molecule has 0 aliphatic carbocycles. The van der Waals surface area contributed by atoms with Crippen molar-refractivity contribution in [2.24, 2.45) is 19.1 Å². The van der Waals surface area contributed by atoms with Gasteiger partial charge < -0.3 is 9.84 Å². The van der Waals surface area contributed by atoms with Crippen LogP contribution in [0.2, 0.25) is 0 Å². The average Bonchev–Trinajstić information content (AvgIpc) is 3.21. The molecule has 0 saturated heterocycles. The number of nitro groups is 1. The molecule has 0 aliphatic heterocycles. The zero-order chi connectivity index (χ0) is 24.3. The van der Waals surface area contributed by atoms with Crippen molar-refractivity contribution < 1.29 is 19.3 Å². The van der Waals surface area contributed by atoms with Crippen molar-refractivity contribution in [3.63, 3.8) is 0 Å². The molecule has 8 nitrogen and oxygen atoms in total. The van der Waals surface area contributed by atoms with Gasteiger partial charge in [-0.25, -0.2) is 9.13 Å². The fourth-order valence-corrected chi connectivity index (χ4v) is 4.00. The first-order valence-electron chi connectivity index (χ1n) is 10.6. The van der Waals surface area contributed by atoms with Gasteiger partial charge >= 0.3 is 0 Å². The van der Waals surface area contributed by atoms with E-state index < -0.39 is 10.5 Å². The number of hydrogen-bond acceptors (Lipinski definition) is 5. The van der Waals surface area contributed by atoms with E-state index in [1.54, 1.807) is 52.6 Å². The highest BCUT2D eigenvalue weighted by Gasteiger charge is 2.38. The van der Waals surface area contributed by atoms with Gasteiger partial charge in [-0.1, -0.05) is 30.3 Å². The normalized spacial score (nSPS) is 13.4. The topological polar surface area (TPSA) is 96.6 Å². The third kappa shape index (κ3) is 4.18. The molecule has 0 radical (unpaired) electrons. The van der Waals surface area contributed by atoms with Gasteiger partial charge in [0.2, 0.25) is 0 Å². The molecule has 0 N–H and O–H groups in total. The smallest absolute Gasteiger partial charge is 0.269 e. The molecule has 0 fully saturated rings. The summed E-state index contributed by atoms with van der Waals surface area (Å²) in [4.78, 5) is 15.6. The summed E-state index contributed by atoms with van der Waals surface area (Å²) in [6, 6.07) is 22.0. The molecule has 0 amide bonds. The molecule has 4 aromatic rings. The van der Waals surface area contributed by atoms with Crippen LogP contribution in [-0.4, -0.2) is 22.3 Å². The summed E-state index contributed by atoms with van der Waals surface area (Å²) in [5.74, 6) is 1.07. The van der Waals surface area contributed by atoms with E-state index in [9.17, 15) is 10.1 Å². The largest absolute Gasteiger partial charge is 0.832 e. The predicted octanol–water partition coefficient (Wildman–Crippen LogP) is 3.19. The number of imidazole rings is 1. The van der Waals surface area contributed by atoms with Crippen LogP contribution in [-0.2, 0) is 19.7 Å². The number of benzene rings is 3. The van der Waals surface area contributed by atoms with Crippen molar-refractivity contribution in [1.29, 1.82) is 0 Å². The highest BCUT2D eigenvalue weighted by atomic mass is 16.6. The average molecular weight is 457 g/mol. The number of aromatic nitrogens is 2. The van der Waals surface area contributed by atoms with Gasteiger partial charge in [0, 0.05) is 12.1 Å². The maximum Gasteiger partial charge on any atom is 0.269 e. The summed E-state index contributed by atoms with van der Waals surface area (Å²) < 4.78 is 8.82. The molecule has 4 rings (SSSR count). The minimum absolute atomic E-state index is 0.0619. The molecule has 0 saturated carbocycles. The maximum atomic E-state index is 15.2. The summed E-state index contributed by atoms with van der Waals surface area (Å²) in [6.45, 7) is 0. The second-order valence-corrected chi connectivity index (χ2v) is 7.85. The van der Waals surface area contributed by atoms with Crippen LogP contribution in [0.15, 0.2) is 96.2 Å². The SMILES string of the molecule is COc1ccc(C([O-])(C(=Nc2ccccc2)c2ccc([N+](=O)[O-])cc2)c2n(C)cc[n+]2C)cc1. The summed E-state index contributed by atoms with van der Waals surface area (Å²) in [6.07, 6.45) is 3.61. The first-order chi connectivity index (χ1) is 16.3. The van der Waals surface area contributed by atoms with Crippen molar-refractivity contribution in [2.75, 3.05) is 7.11 Å². The predicted molar refractivity (Wildman–Crippen MR) is 126 cm³/mol. The van der Waals surface area contributed by atoms with E-state index in [2.05, 4.69) is 0 Å². The van der Waals surface area contributed by atoms with Gasteiger partial charge in [-0.05, 0) is 47.5 Å². The summed E-state index contributed by atoms with van der Waals surface area (Å²) in [7, 11) is 5.18. The number of para-hydroxylation sites is 1. The lowest BCUT2D eigenvalue weighted by Crippen LogP contribution is -2.57. The van der Waals surface area contributed by atoms with Crippen LogP contribution in [0, 0.1) is 10.1 Å². The number of non-ortho nitro benzene ring substituents is 1. The molecule has 1 heterocycles. The third-order valence-corrected chi connectivity index (χ3v) is 5.68. The van der Waals surface area contributed by atoms with Crippen LogP contribution >= 0.6 is 0 Å². The summed E-state index contributed by atoms with van der Waals surface area (Å²) in [5.41, 5.74) is -0.253. The van der Waals surface area contributed by atoms with Crippen LogP contribution in [0.5, 0.6) is 5.75 Å². The molecule has 1 aromatic heterocycles. The van der Waals surface area contributed by atoms with E-state index in [-0.39, 0.29) is 11.4 Å². The number of aliphatic imine (C=N–C) groups is 1. The Morgan fingerprint density at radius 2 is 1.68 bits per heavy atom. The minimum atomic E-state index is -1.95. The fraction of sp³-hybridized carbons (Fsp3) is 0.154. The van der Waals surface area contributed by atoms with Crippen molar-refractivity contribution in [1.82, 2.24) is 4.57 Å². The second-order valence-electron chi connectivity index (χ2n) is 7.85. The second kappa shape index (κ2) is 9.29. The van der Waals surface area contributed by atoms with Crippen LogP contribution in [0.1, 0.15) is 17.0 Å². The molecule has 0 spiro atoms. The number of rotatable bonds is 7. The number of methoxy groups -OCH3 is 1. The zero-order valence-electron chi connectivity index (χ0n) is 19.1. The van der Waals surface area contributed by atoms with Gasteiger partial charge in [0.25, 0.3) is 11.5 Å². The monoisotopic (exact) mass is 456 g/mol. The molecule has 0 aliphatic rings. The van der Waals surface area contributed by atoms with Crippen LogP contribution in [0.25, 0.3) is 0 Å². The number of aryl methyl sites for hydroxylation is 2. The fourth-order valence-electron chi connectivity index (χ4n) is 4.00. The van der Waals surface area contributed by atoms with Gasteiger partial charge in [-0.15, -0.1) is 0 Å². The zero-order valence-corrected chi connectivity index (χ0v) is 19.1. The molecule has 0 bridgehead atoms. The van der Waals surface area contributed by atoms with E-state index in [0.717, 1.165) is 0 Å². The van der Waals surface area contributed by atoms with Crippen molar-refractivity contribution in [3.05, 3.63) is 118 Å². The van der Waals surface area contributed by atoms with Crippen LogP contribution < -0.4 is 14.4 Å². The van der Waals surface area contributed by atoms with E-state index in [1.165, 1.54) is 12.1 Å². The van der Waals surface area contributed by atoms with Crippen LogP contribution in [0.3, 0.4) is 0 Å². The van der Waals surface area contributed by atoms with Gasteiger partial charge in [0.15, 0.2) is 0 Å². The minimum Gasteiger partial charge on any atom is -0.832 e. The van der Waals surface area contributed by atoms with E-state index >= 15 is 5.11 Å². The number of nitrogens with zero attached hydrogens (tertiary/aromatic N) is 4. The Morgan fingerprint density at radius 3 is 2.21 bits per heavy atom. The Bertz CT molecular complexity index is 1310. The van der Waals surface area contributed by atoms with Crippen LogP contribution in [0.4, 0.5) is 11.4 Å². The standard InChI is InChI=1S/C26H24N4O4/c1-28-17-18-29(2)25(28)26(31,20-11-15-23(34-3)16-12-20)24(27-21-7-5-4-6-8-21)19-9-13-22(14-10-19)30(32)33/h4-18H,1-3H3. The van der Waals surface area contributed by atoms with Gasteiger partial charge in [0.1, 0.15) is 18.1 Å². The number of hydrogen-bond donors (Lipinski definition) is 0. The molecule has 8 heteroatoms. The quantitative estimate of drug-likeness (QED) is 0.185. The first kappa shape index (κ1) is 22.9. The van der Waals surface area contributed by atoms with E-state index in [0.29, 0.717) is 28.4 Å². The lowest BCUT2D eigenvalue weighted by Gasteiger charge is -2.39. The molecule has 34 heavy (non-hydrogen) atoms. The van der Waals surface area contributed by atoms with Crippen molar-refractivity contribution in [2.45, 2.75) is 5.60 Å². The van der Waals surface area contributed by atoms with E-state index in [1.807, 2.05) is 56.8 Å².